The molecule has 0 spiro atoms. The van der Waals surface area contributed by atoms with Crippen LogP contribution in [0.2, 0.25) is 0 Å². The van der Waals surface area contributed by atoms with Crippen LogP contribution in [0.3, 0.4) is 0 Å². The van der Waals surface area contributed by atoms with E-state index in [9.17, 15) is 9.18 Å². The van der Waals surface area contributed by atoms with Gasteiger partial charge in [0.1, 0.15) is 5.82 Å². The molecular weight excluding hydrogens is 277 g/mol. The maximum Gasteiger partial charge on any atom is 0.254 e. The van der Waals surface area contributed by atoms with Crippen LogP contribution in [0.4, 0.5) is 10.1 Å². The minimum Gasteiger partial charge on any atom is -0.348 e. The Balaban J connectivity index is 2.12. The second kappa shape index (κ2) is 4.09. The highest BCUT2D eigenvalue weighted by Crippen LogP contribution is 2.34. The predicted molar refractivity (Wildman–Crippen MR) is 79.8 cm³/mol. The van der Waals surface area contributed by atoms with Gasteiger partial charge in [-0.05, 0) is 50.7 Å². The normalized spacial score (nSPS) is 20.0. The lowest BCUT2D eigenvalue weighted by Gasteiger charge is -2.33. The van der Waals surface area contributed by atoms with E-state index in [4.69, 9.17) is 12.2 Å². The summed E-state index contributed by atoms with van der Waals surface area (Å²) in [5.41, 5.74) is 1.92. The van der Waals surface area contributed by atoms with Gasteiger partial charge in [-0.3, -0.25) is 4.79 Å². The molecule has 0 saturated carbocycles. The minimum absolute atomic E-state index is 0.134. The number of aliphatic imine (C=N–C) groups is 1. The SMILES string of the molecule is CC1=NC(=S)N(c2cc(F)c3c(c2)CNC3=O)C1(C)C. The summed E-state index contributed by atoms with van der Waals surface area (Å²) in [5.74, 6) is -0.879. The monoisotopic (exact) mass is 291 g/mol. The summed E-state index contributed by atoms with van der Waals surface area (Å²) in [6, 6.07) is 3.16. The van der Waals surface area contributed by atoms with Gasteiger partial charge in [0.25, 0.3) is 5.91 Å². The van der Waals surface area contributed by atoms with Crippen molar-refractivity contribution in [2.45, 2.75) is 32.9 Å². The van der Waals surface area contributed by atoms with E-state index in [1.54, 1.807) is 6.07 Å². The molecule has 0 fully saturated rings. The Bertz CT molecular complexity index is 681. The zero-order valence-electron chi connectivity index (χ0n) is 11.5. The number of carbonyl (C=O) groups excluding carboxylic acids is 1. The van der Waals surface area contributed by atoms with E-state index in [1.807, 2.05) is 25.7 Å². The van der Waals surface area contributed by atoms with Crippen molar-refractivity contribution in [3.63, 3.8) is 0 Å². The van der Waals surface area contributed by atoms with Crippen LogP contribution in [0.5, 0.6) is 0 Å². The first-order chi connectivity index (χ1) is 9.32. The zero-order valence-corrected chi connectivity index (χ0v) is 12.3. The van der Waals surface area contributed by atoms with Crippen molar-refractivity contribution in [2.75, 3.05) is 4.90 Å². The highest BCUT2D eigenvalue weighted by molar-refractivity contribution is 7.80. The number of amides is 1. The molecule has 0 radical (unpaired) electrons. The van der Waals surface area contributed by atoms with Crippen molar-refractivity contribution in [2.24, 2.45) is 4.99 Å². The lowest BCUT2D eigenvalue weighted by molar-refractivity contribution is 0.0962. The molecule has 20 heavy (non-hydrogen) atoms. The summed E-state index contributed by atoms with van der Waals surface area (Å²) >= 11 is 5.28. The van der Waals surface area contributed by atoms with Gasteiger partial charge in [-0.15, -0.1) is 0 Å². The Morgan fingerprint density at radius 3 is 2.75 bits per heavy atom. The third kappa shape index (κ3) is 1.67. The fourth-order valence-electron chi connectivity index (χ4n) is 2.60. The number of nitrogens with one attached hydrogen (secondary N) is 1. The fourth-order valence-corrected chi connectivity index (χ4v) is 3.07. The number of benzene rings is 1. The Kier molecular flexibility index (Phi) is 2.69. The van der Waals surface area contributed by atoms with Crippen LogP contribution in [0, 0.1) is 5.82 Å². The van der Waals surface area contributed by atoms with Crippen LogP contribution in [0.1, 0.15) is 36.7 Å². The first-order valence-corrected chi connectivity index (χ1v) is 6.74. The first-order valence-electron chi connectivity index (χ1n) is 6.33. The topological polar surface area (TPSA) is 44.7 Å². The van der Waals surface area contributed by atoms with Crippen molar-refractivity contribution >= 4 is 34.6 Å². The molecule has 2 aliphatic heterocycles. The van der Waals surface area contributed by atoms with E-state index >= 15 is 0 Å². The average molecular weight is 291 g/mol. The minimum atomic E-state index is -0.518. The largest absolute Gasteiger partial charge is 0.348 e. The zero-order chi connectivity index (χ0) is 14.7. The van der Waals surface area contributed by atoms with Crippen LogP contribution in [0.25, 0.3) is 0 Å². The van der Waals surface area contributed by atoms with E-state index in [0.717, 1.165) is 5.71 Å². The van der Waals surface area contributed by atoms with Crippen molar-refractivity contribution in [1.82, 2.24) is 5.32 Å². The third-order valence-corrected chi connectivity index (χ3v) is 4.25. The number of anilines is 1. The summed E-state index contributed by atoms with van der Waals surface area (Å²) in [5, 5.41) is 3.05. The second-order valence-corrected chi connectivity index (χ2v) is 5.88. The maximum absolute atomic E-state index is 14.2. The number of halogens is 1. The van der Waals surface area contributed by atoms with E-state index < -0.39 is 11.4 Å². The Morgan fingerprint density at radius 2 is 2.15 bits per heavy atom. The predicted octanol–water partition coefficient (Wildman–Crippen LogP) is 2.41. The summed E-state index contributed by atoms with van der Waals surface area (Å²) in [6.45, 7) is 6.22. The van der Waals surface area contributed by atoms with Gasteiger partial charge in [0.15, 0.2) is 0 Å². The summed E-state index contributed by atoms with van der Waals surface area (Å²) in [7, 11) is 0. The summed E-state index contributed by atoms with van der Waals surface area (Å²) in [6.07, 6.45) is 0. The molecule has 104 valence electrons. The van der Waals surface area contributed by atoms with E-state index in [1.165, 1.54) is 6.07 Å². The van der Waals surface area contributed by atoms with Crippen molar-refractivity contribution in [1.29, 1.82) is 0 Å². The fraction of sp³-hybridized carbons (Fsp3) is 0.357. The maximum atomic E-state index is 14.2. The number of hydrogen-bond donors (Lipinski definition) is 1. The Morgan fingerprint density at radius 1 is 1.45 bits per heavy atom. The molecule has 2 aliphatic rings. The second-order valence-electron chi connectivity index (χ2n) is 5.52. The number of nitrogens with zero attached hydrogens (tertiary/aromatic N) is 2. The van der Waals surface area contributed by atoms with Gasteiger partial charge >= 0.3 is 0 Å². The van der Waals surface area contributed by atoms with Crippen LogP contribution < -0.4 is 10.2 Å². The van der Waals surface area contributed by atoms with Crippen molar-refractivity contribution in [3.05, 3.63) is 29.1 Å². The lowest BCUT2D eigenvalue weighted by Crippen LogP contribution is -2.46. The molecule has 0 atom stereocenters. The van der Waals surface area contributed by atoms with Crippen LogP contribution in [0.15, 0.2) is 17.1 Å². The molecule has 6 heteroatoms. The van der Waals surface area contributed by atoms with E-state index in [-0.39, 0.29) is 11.5 Å². The number of carbonyl (C=O) groups is 1. The summed E-state index contributed by atoms with van der Waals surface area (Å²) < 4.78 is 14.2. The molecule has 3 rings (SSSR count). The van der Waals surface area contributed by atoms with Gasteiger partial charge in [-0.1, -0.05) is 0 Å². The Labute approximate surface area is 121 Å². The molecule has 1 amide bonds. The molecule has 0 unspecified atom stereocenters. The molecule has 0 bridgehead atoms. The highest BCUT2D eigenvalue weighted by Gasteiger charge is 2.39. The average Bonchev–Trinajstić information content (AvgIpc) is 2.79. The summed E-state index contributed by atoms with van der Waals surface area (Å²) in [4.78, 5) is 17.7. The number of thiocarbonyl (C=S) groups is 1. The van der Waals surface area contributed by atoms with Crippen LogP contribution >= 0.6 is 12.2 Å². The number of fused-ring (bicyclic) bond motifs is 1. The molecule has 1 aromatic rings. The molecule has 0 aliphatic carbocycles. The van der Waals surface area contributed by atoms with E-state index in [0.29, 0.717) is 22.9 Å². The van der Waals surface area contributed by atoms with Gasteiger partial charge in [0.05, 0.1) is 11.1 Å². The van der Waals surface area contributed by atoms with E-state index in [2.05, 4.69) is 10.3 Å². The smallest absolute Gasteiger partial charge is 0.254 e. The van der Waals surface area contributed by atoms with Crippen LogP contribution in [-0.4, -0.2) is 22.3 Å². The van der Waals surface area contributed by atoms with Crippen molar-refractivity contribution in [3.8, 4) is 0 Å². The van der Waals surface area contributed by atoms with Gasteiger partial charge in [-0.25, -0.2) is 9.38 Å². The highest BCUT2D eigenvalue weighted by atomic mass is 32.1. The molecular formula is C14H14FN3OS. The molecule has 0 saturated heterocycles. The van der Waals surface area contributed by atoms with Crippen molar-refractivity contribution < 1.29 is 9.18 Å². The standard InChI is InChI=1S/C14H14FN3OS/c1-7-14(2,3)18(13(20)17-7)9-4-8-6-16-12(19)11(8)10(15)5-9/h4-5H,6H2,1-3H3,(H,16,19). The molecule has 0 aromatic heterocycles. The molecule has 1 N–H and O–H groups in total. The quantitative estimate of drug-likeness (QED) is 0.808. The lowest BCUT2D eigenvalue weighted by atomic mass is 9.97. The molecule has 1 aromatic carbocycles. The molecule has 4 nitrogen and oxygen atoms in total. The number of rotatable bonds is 1. The third-order valence-electron chi connectivity index (χ3n) is 3.98. The number of hydrogen-bond acceptors (Lipinski definition) is 2. The van der Waals surface area contributed by atoms with Gasteiger partial charge < -0.3 is 10.2 Å². The van der Waals surface area contributed by atoms with Gasteiger partial charge in [0.2, 0.25) is 5.11 Å². The Hall–Kier alpha value is -1.82. The van der Waals surface area contributed by atoms with Gasteiger partial charge in [-0.2, -0.15) is 0 Å². The van der Waals surface area contributed by atoms with Gasteiger partial charge in [0, 0.05) is 17.9 Å². The molecule has 2 heterocycles. The van der Waals surface area contributed by atoms with Crippen LogP contribution in [-0.2, 0) is 6.54 Å². The first kappa shape index (κ1) is 13.2.